The monoisotopic (exact) mass is 221 g/mol. The highest BCUT2D eigenvalue weighted by atomic mass is 32.2. The Kier molecular flexibility index (Phi) is 4.79. The van der Waals surface area contributed by atoms with Crippen molar-refractivity contribution in [1.29, 1.82) is 0 Å². The molecule has 2 N–H and O–H groups in total. The molecule has 1 unspecified atom stereocenters. The number of rotatable bonds is 5. The summed E-state index contributed by atoms with van der Waals surface area (Å²) in [4.78, 5) is 10.8. The first kappa shape index (κ1) is 13.1. The highest BCUT2D eigenvalue weighted by molar-refractivity contribution is 7.86. The summed E-state index contributed by atoms with van der Waals surface area (Å²) in [7, 11) is -4.24. The van der Waals surface area contributed by atoms with E-state index >= 15 is 0 Å². The zero-order chi connectivity index (χ0) is 11.4. The van der Waals surface area contributed by atoms with Crippen molar-refractivity contribution in [2.75, 3.05) is 0 Å². The van der Waals surface area contributed by atoms with Crippen molar-refractivity contribution in [2.24, 2.45) is 5.92 Å². The molecule has 0 aliphatic carbocycles. The molecule has 0 aromatic rings. The molecule has 0 spiro atoms. The normalized spacial score (nSPS) is 13.7. The van der Waals surface area contributed by atoms with Crippen molar-refractivity contribution in [2.45, 2.75) is 25.6 Å². The molecule has 82 valence electrons. The minimum absolute atomic E-state index is 0.0482. The maximum absolute atomic E-state index is 10.8. The molecule has 0 aliphatic rings. The molecule has 6 heteroatoms. The summed E-state index contributed by atoms with van der Waals surface area (Å²) in [5.74, 6) is -0.569. The molecule has 0 saturated carbocycles. The van der Waals surface area contributed by atoms with E-state index in [9.17, 15) is 13.2 Å². The third kappa shape index (κ3) is 4.98. The zero-order valence-corrected chi connectivity index (χ0v) is 9.04. The van der Waals surface area contributed by atoms with E-state index in [4.69, 9.17) is 4.55 Å². The van der Waals surface area contributed by atoms with Gasteiger partial charge in [0.05, 0.1) is 0 Å². The smallest absolute Gasteiger partial charge is 0.286 e. The molecule has 0 aromatic carbocycles. The van der Waals surface area contributed by atoms with E-state index in [1.807, 2.05) is 0 Å². The first-order valence-corrected chi connectivity index (χ1v) is 5.67. The van der Waals surface area contributed by atoms with Gasteiger partial charge in [0.2, 0.25) is 5.91 Å². The number of nitrogens with one attached hydrogen (secondary N) is 1. The lowest BCUT2D eigenvalue weighted by Gasteiger charge is -2.16. The number of hydrogen-bond donors (Lipinski definition) is 2. The Morgan fingerprint density at radius 3 is 2.36 bits per heavy atom. The Morgan fingerprint density at radius 1 is 1.57 bits per heavy atom. The fourth-order valence-corrected chi connectivity index (χ4v) is 1.79. The van der Waals surface area contributed by atoms with Crippen LogP contribution in [-0.2, 0) is 14.9 Å². The Labute approximate surface area is 83.9 Å². The summed E-state index contributed by atoms with van der Waals surface area (Å²) < 4.78 is 30.4. The Bertz CT molecular complexity index is 307. The summed E-state index contributed by atoms with van der Waals surface area (Å²) in [6.45, 7) is 6.77. The lowest BCUT2D eigenvalue weighted by molar-refractivity contribution is -0.116. The van der Waals surface area contributed by atoms with Gasteiger partial charge in [-0.1, -0.05) is 20.4 Å². The second-order valence-corrected chi connectivity index (χ2v) is 4.94. The van der Waals surface area contributed by atoms with Crippen LogP contribution in [0.25, 0.3) is 0 Å². The van der Waals surface area contributed by atoms with E-state index in [-0.39, 0.29) is 12.3 Å². The molecule has 1 amide bonds. The van der Waals surface area contributed by atoms with Gasteiger partial charge in [-0.15, -0.1) is 0 Å². The van der Waals surface area contributed by atoms with Gasteiger partial charge < -0.3 is 5.32 Å². The first-order chi connectivity index (χ1) is 6.27. The number of amides is 1. The van der Waals surface area contributed by atoms with E-state index in [1.165, 1.54) is 0 Å². The van der Waals surface area contributed by atoms with Crippen molar-refractivity contribution in [3.05, 3.63) is 12.7 Å². The fourth-order valence-electron chi connectivity index (χ4n) is 0.901. The topological polar surface area (TPSA) is 83.5 Å². The van der Waals surface area contributed by atoms with Gasteiger partial charge in [-0.05, 0) is 18.4 Å². The molecule has 0 radical (unpaired) electrons. The van der Waals surface area contributed by atoms with Gasteiger partial charge in [-0.2, -0.15) is 8.42 Å². The van der Waals surface area contributed by atoms with Gasteiger partial charge in [-0.25, -0.2) is 0 Å². The molecule has 0 aliphatic heterocycles. The van der Waals surface area contributed by atoms with Gasteiger partial charge in [-0.3, -0.25) is 9.35 Å². The van der Waals surface area contributed by atoms with Crippen LogP contribution in [0.1, 0.15) is 20.3 Å². The summed E-state index contributed by atoms with van der Waals surface area (Å²) in [6, 6.07) is 0. The van der Waals surface area contributed by atoms with Crippen molar-refractivity contribution in [3.8, 4) is 0 Å². The summed E-state index contributed by atoms with van der Waals surface area (Å²) in [5, 5.41) is 0.887. The molecular formula is C8H15NO4S. The average molecular weight is 221 g/mol. The van der Waals surface area contributed by atoms with Crippen molar-refractivity contribution in [1.82, 2.24) is 5.32 Å². The van der Waals surface area contributed by atoms with Crippen LogP contribution in [0.5, 0.6) is 0 Å². The van der Waals surface area contributed by atoms with Crippen LogP contribution in [0, 0.1) is 5.92 Å². The van der Waals surface area contributed by atoms with Crippen LogP contribution in [0.2, 0.25) is 0 Å². The molecule has 0 saturated heterocycles. The Balaban J connectivity index is 4.58. The molecule has 1 atom stereocenters. The van der Waals surface area contributed by atoms with E-state index in [0.29, 0.717) is 0 Å². The SMILES string of the molecule is C=CC(=O)NC(CC(C)C)S(=O)(=O)O. The van der Waals surface area contributed by atoms with Gasteiger partial charge in [0.25, 0.3) is 10.1 Å². The minimum Gasteiger partial charge on any atom is -0.334 e. The van der Waals surface area contributed by atoms with E-state index in [0.717, 1.165) is 6.08 Å². The molecular weight excluding hydrogens is 206 g/mol. The van der Waals surface area contributed by atoms with Gasteiger partial charge in [0.15, 0.2) is 5.37 Å². The summed E-state index contributed by atoms with van der Waals surface area (Å²) in [6.07, 6.45) is 1.12. The minimum atomic E-state index is -4.24. The largest absolute Gasteiger partial charge is 0.334 e. The quantitative estimate of drug-likeness (QED) is 0.524. The standard InChI is InChI=1S/C8H15NO4S/c1-4-7(10)9-8(5-6(2)3)14(11,12)13/h4,6,8H,1,5H2,2-3H3,(H,9,10)(H,11,12,13). The number of carbonyl (C=O) groups excluding carboxylic acids is 1. The highest BCUT2D eigenvalue weighted by Crippen LogP contribution is 2.09. The van der Waals surface area contributed by atoms with Crippen molar-refractivity contribution < 1.29 is 17.8 Å². The summed E-state index contributed by atoms with van der Waals surface area (Å²) >= 11 is 0. The third-order valence-corrected chi connectivity index (χ3v) is 2.56. The molecule has 14 heavy (non-hydrogen) atoms. The summed E-state index contributed by atoms with van der Waals surface area (Å²) in [5.41, 5.74) is 0. The van der Waals surface area contributed by atoms with Crippen LogP contribution in [0.4, 0.5) is 0 Å². The second kappa shape index (κ2) is 5.11. The van der Waals surface area contributed by atoms with Gasteiger partial charge in [0.1, 0.15) is 0 Å². The van der Waals surface area contributed by atoms with Crippen LogP contribution < -0.4 is 5.32 Å². The Morgan fingerprint density at radius 2 is 2.07 bits per heavy atom. The van der Waals surface area contributed by atoms with E-state index in [1.54, 1.807) is 13.8 Å². The fraction of sp³-hybridized carbons (Fsp3) is 0.625. The van der Waals surface area contributed by atoms with Crippen molar-refractivity contribution >= 4 is 16.0 Å². The lowest BCUT2D eigenvalue weighted by Crippen LogP contribution is -2.40. The molecule has 0 heterocycles. The maximum Gasteiger partial charge on any atom is 0.286 e. The maximum atomic E-state index is 10.8. The second-order valence-electron chi connectivity index (χ2n) is 3.35. The van der Waals surface area contributed by atoms with E-state index < -0.39 is 21.4 Å². The van der Waals surface area contributed by atoms with Crippen LogP contribution >= 0.6 is 0 Å². The highest BCUT2D eigenvalue weighted by Gasteiger charge is 2.24. The van der Waals surface area contributed by atoms with Crippen molar-refractivity contribution in [3.63, 3.8) is 0 Å². The number of hydrogen-bond acceptors (Lipinski definition) is 3. The van der Waals surface area contributed by atoms with Crippen LogP contribution in [0.3, 0.4) is 0 Å². The Hall–Kier alpha value is -0.880. The van der Waals surface area contributed by atoms with E-state index in [2.05, 4.69) is 11.9 Å². The molecule has 5 nitrogen and oxygen atoms in total. The molecule has 0 aromatic heterocycles. The number of carbonyl (C=O) groups is 1. The average Bonchev–Trinajstić information content (AvgIpc) is 2.00. The van der Waals surface area contributed by atoms with Gasteiger partial charge in [0, 0.05) is 0 Å². The van der Waals surface area contributed by atoms with Gasteiger partial charge >= 0.3 is 0 Å². The predicted molar refractivity (Wildman–Crippen MR) is 53.1 cm³/mol. The van der Waals surface area contributed by atoms with Crippen LogP contribution in [0.15, 0.2) is 12.7 Å². The molecule has 0 rings (SSSR count). The molecule has 0 fully saturated rings. The lowest BCUT2D eigenvalue weighted by atomic mass is 10.1. The first-order valence-electron chi connectivity index (χ1n) is 4.16. The third-order valence-electron chi connectivity index (χ3n) is 1.53. The molecule has 0 bridgehead atoms. The zero-order valence-electron chi connectivity index (χ0n) is 8.23. The predicted octanol–water partition coefficient (Wildman–Crippen LogP) is 0.549. The van der Waals surface area contributed by atoms with Crippen LogP contribution in [-0.4, -0.2) is 24.3 Å².